The molecule has 7 rings (SSSR count). The Hall–Kier alpha value is -5.30. The Balaban J connectivity index is 1.11. The first-order valence-corrected chi connectivity index (χ1v) is 14.2. The van der Waals surface area contributed by atoms with Crippen LogP contribution >= 0.6 is 0 Å². The van der Waals surface area contributed by atoms with E-state index in [0.717, 1.165) is 5.69 Å². The SMILES string of the molecule is CN(C)C/C=C/C(=O)N1CCN2c3ccc4ncnc(Nc5ccc(Oc6ccn7ncnc7c6)cc5F)c4c3OC[C@@H]2C1. The number of fused-ring (bicyclic) bond motifs is 6. The fraction of sp³-hybridized carbons (Fsp3) is 0.258. The molecule has 13 heteroatoms. The Labute approximate surface area is 252 Å². The molecule has 2 aromatic carbocycles. The number of likely N-dealkylation sites (N-methyl/N-ethyl adjacent to an activating group) is 1. The number of ether oxygens (including phenoxy) is 2. The molecule has 2 aliphatic heterocycles. The average molecular weight is 596 g/mol. The molecule has 5 heterocycles. The highest BCUT2D eigenvalue weighted by Gasteiger charge is 2.35. The topological polar surface area (TPSA) is 113 Å². The van der Waals surface area contributed by atoms with Crippen molar-refractivity contribution < 1.29 is 18.7 Å². The quantitative estimate of drug-likeness (QED) is 0.278. The number of piperazine rings is 1. The fourth-order valence-electron chi connectivity index (χ4n) is 5.53. The molecule has 1 amide bonds. The van der Waals surface area contributed by atoms with Gasteiger partial charge < -0.3 is 29.5 Å². The van der Waals surface area contributed by atoms with E-state index in [2.05, 4.69) is 30.3 Å². The van der Waals surface area contributed by atoms with Gasteiger partial charge in [-0.05, 0) is 44.4 Å². The Bertz CT molecular complexity index is 1890. The van der Waals surface area contributed by atoms with Crippen molar-refractivity contribution in [3.8, 4) is 17.2 Å². The van der Waals surface area contributed by atoms with E-state index in [0.29, 0.717) is 72.4 Å². The normalized spacial score (nSPS) is 16.3. The molecule has 0 aliphatic carbocycles. The standard InChI is InChI=1S/C31H30FN9O3/c1-38(2)10-3-4-28(42)39-12-13-40-20(16-39)17-43-30-26(40)8-7-25-29(30)31(35-18-33-25)37-24-6-5-21(14-23(24)32)44-22-9-11-41-27(15-22)34-19-36-41/h3-9,11,14-15,18-20H,10,12-13,16-17H2,1-2H3,(H,33,35,37)/b4-3+/t20-/m0/s1. The molecule has 0 saturated carbocycles. The van der Waals surface area contributed by atoms with Crippen molar-refractivity contribution in [1.82, 2.24) is 34.4 Å². The number of amides is 1. The van der Waals surface area contributed by atoms with E-state index < -0.39 is 5.82 Å². The predicted octanol–water partition coefficient (Wildman–Crippen LogP) is 3.87. The minimum atomic E-state index is -0.510. The summed E-state index contributed by atoms with van der Waals surface area (Å²) in [5.41, 5.74) is 2.42. The zero-order chi connectivity index (χ0) is 30.2. The molecule has 5 aromatic rings. The van der Waals surface area contributed by atoms with Crippen LogP contribution < -0.4 is 19.7 Å². The second-order valence-corrected chi connectivity index (χ2v) is 10.9. The average Bonchev–Trinajstić information content (AvgIpc) is 3.49. The molecule has 44 heavy (non-hydrogen) atoms. The highest BCUT2D eigenvalue weighted by atomic mass is 19.1. The summed E-state index contributed by atoms with van der Waals surface area (Å²) >= 11 is 0. The van der Waals surface area contributed by atoms with Gasteiger partial charge in [-0.15, -0.1) is 0 Å². The molecular formula is C31H30FN9O3. The number of nitrogens with zero attached hydrogens (tertiary/aromatic N) is 8. The number of pyridine rings is 1. The van der Waals surface area contributed by atoms with Gasteiger partial charge in [-0.3, -0.25) is 4.79 Å². The minimum absolute atomic E-state index is 0.00512. The van der Waals surface area contributed by atoms with Crippen LogP contribution in [-0.4, -0.2) is 93.2 Å². The lowest BCUT2D eigenvalue weighted by atomic mass is 10.1. The third kappa shape index (κ3) is 5.33. The lowest BCUT2D eigenvalue weighted by Gasteiger charge is -2.45. The van der Waals surface area contributed by atoms with Gasteiger partial charge in [-0.1, -0.05) is 6.08 Å². The third-order valence-corrected chi connectivity index (χ3v) is 7.67. The molecule has 1 N–H and O–H groups in total. The van der Waals surface area contributed by atoms with Crippen LogP contribution in [0.15, 0.2) is 73.5 Å². The summed E-state index contributed by atoms with van der Waals surface area (Å²) in [5.74, 6) is 1.41. The Kier molecular flexibility index (Phi) is 7.14. The predicted molar refractivity (Wildman–Crippen MR) is 163 cm³/mol. The van der Waals surface area contributed by atoms with Crippen molar-refractivity contribution in [2.24, 2.45) is 0 Å². The number of carbonyl (C=O) groups excluding carboxylic acids is 1. The number of rotatable bonds is 7. The second-order valence-electron chi connectivity index (χ2n) is 10.9. The van der Waals surface area contributed by atoms with Gasteiger partial charge in [0.05, 0.1) is 28.3 Å². The molecule has 0 spiro atoms. The summed E-state index contributed by atoms with van der Waals surface area (Å²) in [5, 5.41) is 7.86. The van der Waals surface area contributed by atoms with Crippen molar-refractivity contribution in [2.45, 2.75) is 6.04 Å². The molecule has 1 fully saturated rings. The highest BCUT2D eigenvalue weighted by molar-refractivity contribution is 6.00. The number of anilines is 3. The van der Waals surface area contributed by atoms with Crippen LogP contribution in [0.1, 0.15) is 0 Å². The molecule has 0 bridgehead atoms. The first-order valence-electron chi connectivity index (χ1n) is 14.2. The number of halogens is 1. The highest BCUT2D eigenvalue weighted by Crippen LogP contribution is 2.43. The van der Waals surface area contributed by atoms with E-state index in [-0.39, 0.29) is 17.6 Å². The lowest BCUT2D eigenvalue weighted by Crippen LogP contribution is -2.58. The Morgan fingerprint density at radius 1 is 1.11 bits per heavy atom. The number of hydrogen-bond donors (Lipinski definition) is 1. The van der Waals surface area contributed by atoms with Gasteiger partial charge >= 0.3 is 0 Å². The summed E-state index contributed by atoms with van der Waals surface area (Å²) in [7, 11) is 3.93. The van der Waals surface area contributed by atoms with Crippen LogP contribution in [-0.2, 0) is 4.79 Å². The summed E-state index contributed by atoms with van der Waals surface area (Å²) in [6.45, 7) is 2.93. The van der Waals surface area contributed by atoms with Gasteiger partial charge in [-0.25, -0.2) is 23.9 Å². The second kappa shape index (κ2) is 11.4. The minimum Gasteiger partial charge on any atom is -0.488 e. The molecule has 1 atom stereocenters. The number of carbonyl (C=O) groups is 1. The first kappa shape index (κ1) is 27.5. The number of benzene rings is 2. The summed E-state index contributed by atoms with van der Waals surface area (Å²) in [4.78, 5) is 31.9. The Morgan fingerprint density at radius 2 is 2.00 bits per heavy atom. The fourth-order valence-corrected chi connectivity index (χ4v) is 5.53. The van der Waals surface area contributed by atoms with Crippen molar-refractivity contribution in [3.05, 3.63) is 79.3 Å². The van der Waals surface area contributed by atoms with Crippen LogP contribution in [0.4, 0.5) is 21.6 Å². The van der Waals surface area contributed by atoms with Crippen LogP contribution in [0.25, 0.3) is 16.6 Å². The Morgan fingerprint density at radius 3 is 2.86 bits per heavy atom. The molecule has 1 saturated heterocycles. The van der Waals surface area contributed by atoms with Crippen LogP contribution in [0.2, 0.25) is 0 Å². The molecule has 0 radical (unpaired) electrons. The molecule has 12 nitrogen and oxygen atoms in total. The van der Waals surface area contributed by atoms with E-state index in [4.69, 9.17) is 9.47 Å². The van der Waals surface area contributed by atoms with Gasteiger partial charge in [0.15, 0.2) is 11.4 Å². The molecule has 0 unspecified atom stereocenters. The van der Waals surface area contributed by atoms with Crippen molar-refractivity contribution in [3.63, 3.8) is 0 Å². The maximum atomic E-state index is 15.3. The smallest absolute Gasteiger partial charge is 0.246 e. The third-order valence-electron chi connectivity index (χ3n) is 7.67. The van der Waals surface area contributed by atoms with E-state index >= 15 is 4.39 Å². The van der Waals surface area contributed by atoms with Crippen molar-refractivity contribution in [2.75, 3.05) is 57.1 Å². The number of nitrogens with one attached hydrogen (secondary N) is 1. The zero-order valence-electron chi connectivity index (χ0n) is 24.2. The monoisotopic (exact) mass is 595 g/mol. The number of hydrogen-bond acceptors (Lipinski definition) is 10. The zero-order valence-corrected chi connectivity index (χ0v) is 24.2. The maximum absolute atomic E-state index is 15.3. The van der Waals surface area contributed by atoms with Crippen molar-refractivity contribution in [1.29, 1.82) is 0 Å². The van der Waals surface area contributed by atoms with Gasteiger partial charge in [0.2, 0.25) is 5.91 Å². The van der Waals surface area contributed by atoms with Crippen molar-refractivity contribution >= 4 is 39.6 Å². The van der Waals surface area contributed by atoms with Crippen LogP contribution in [0.5, 0.6) is 17.2 Å². The first-order chi connectivity index (χ1) is 21.4. The maximum Gasteiger partial charge on any atom is 0.246 e. The van der Waals surface area contributed by atoms with E-state index in [1.165, 1.54) is 18.7 Å². The van der Waals surface area contributed by atoms with Crippen LogP contribution in [0, 0.1) is 5.82 Å². The van der Waals surface area contributed by atoms with E-state index in [1.54, 1.807) is 41.1 Å². The lowest BCUT2D eigenvalue weighted by molar-refractivity contribution is -0.127. The summed E-state index contributed by atoms with van der Waals surface area (Å²) in [6.07, 6.45) is 8.13. The summed E-state index contributed by atoms with van der Waals surface area (Å²) in [6, 6.07) is 11.9. The molecule has 224 valence electrons. The van der Waals surface area contributed by atoms with Gasteiger partial charge in [-0.2, -0.15) is 5.10 Å². The summed E-state index contributed by atoms with van der Waals surface area (Å²) < 4.78 is 29.1. The van der Waals surface area contributed by atoms with Crippen LogP contribution in [0.3, 0.4) is 0 Å². The largest absolute Gasteiger partial charge is 0.488 e. The van der Waals surface area contributed by atoms with E-state index in [1.807, 2.05) is 42.1 Å². The number of aromatic nitrogens is 5. The molecule has 3 aromatic heterocycles. The van der Waals surface area contributed by atoms with Gasteiger partial charge in [0.1, 0.15) is 42.4 Å². The van der Waals surface area contributed by atoms with Gasteiger partial charge in [0, 0.05) is 50.6 Å². The van der Waals surface area contributed by atoms with Gasteiger partial charge in [0.25, 0.3) is 0 Å². The van der Waals surface area contributed by atoms with E-state index in [9.17, 15) is 4.79 Å². The molecule has 2 aliphatic rings. The molecular weight excluding hydrogens is 565 g/mol.